The summed E-state index contributed by atoms with van der Waals surface area (Å²) in [5.74, 6) is 0.0614. The summed E-state index contributed by atoms with van der Waals surface area (Å²) in [5, 5.41) is 0. The van der Waals surface area contributed by atoms with Crippen LogP contribution in [0.5, 0.6) is 0 Å². The summed E-state index contributed by atoms with van der Waals surface area (Å²) in [6, 6.07) is 17.2. The van der Waals surface area contributed by atoms with Crippen LogP contribution in [0, 0.1) is 0 Å². The van der Waals surface area contributed by atoms with Gasteiger partial charge < -0.3 is 0 Å². The van der Waals surface area contributed by atoms with Crippen molar-refractivity contribution in [1.82, 2.24) is 0 Å². The normalized spacial score (nSPS) is 11.3. The maximum atomic E-state index is 12.2. The minimum atomic E-state index is 0.0614. The first-order valence-electron chi connectivity index (χ1n) is 5.71. The van der Waals surface area contributed by atoms with E-state index < -0.39 is 0 Å². The molecule has 0 spiro atoms. The van der Waals surface area contributed by atoms with E-state index in [9.17, 15) is 4.79 Å². The van der Waals surface area contributed by atoms with Gasteiger partial charge in [0.1, 0.15) is 0 Å². The third-order valence-electron chi connectivity index (χ3n) is 2.67. The zero-order chi connectivity index (χ0) is 13.0. The largest absolute Gasteiger partial charge is 0.289 e. The van der Waals surface area contributed by atoms with Gasteiger partial charge in [-0.05, 0) is 30.2 Å². The molecule has 2 aromatic rings. The number of benzene rings is 2. The molecule has 0 radical (unpaired) electrons. The zero-order valence-electron chi connectivity index (χ0n) is 10.1. The van der Waals surface area contributed by atoms with Crippen LogP contribution in [0.15, 0.2) is 64.6 Å². The summed E-state index contributed by atoms with van der Waals surface area (Å²) in [6.45, 7) is 1.84. The molecule has 0 bridgehead atoms. The van der Waals surface area contributed by atoms with Crippen molar-refractivity contribution in [2.45, 2.75) is 6.92 Å². The van der Waals surface area contributed by atoms with Crippen molar-refractivity contribution < 1.29 is 4.79 Å². The van der Waals surface area contributed by atoms with Crippen LogP contribution in [0.4, 0.5) is 0 Å². The zero-order valence-corrected chi connectivity index (χ0v) is 11.6. The van der Waals surface area contributed by atoms with Crippen molar-refractivity contribution in [3.63, 3.8) is 0 Å². The third-order valence-corrected chi connectivity index (χ3v) is 3.39. The number of ketones is 1. The van der Waals surface area contributed by atoms with Gasteiger partial charge in [-0.25, -0.2) is 0 Å². The van der Waals surface area contributed by atoms with Crippen LogP contribution in [-0.4, -0.2) is 5.78 Å². The van der Waals surface area contributed by atoms with Crippen molar-refractivity contribution in [2.24, 2.45) is 0 Å². The fourth-order valence-corrected chi connectivity index (χ4v) is 2.11. The van der Waals surface area contributed by atoms with E-state index in [2.05, 4.69) is 15.9 Å². The molecular formula is C16H13BrO. The molecule has 0 amide bonds. The molecule has 0 aliphatic carbocycles. The first kappa shape index (κ1) is 12.8. The molecule has 2 rings (SSSR count). The number of hydrogen-bond acceptors (Lipinski definition) is 1. The fraction of sp³-hybridized carbons (Fsp3) is 0.0625. The number of carbonyl (C=O) groups excluding carboxylic acids is 1. The Hall–Kier alpha value is -1.67. The van der Waals surface area contributed by atoms with Gasteiger partial charge in [-0.1, -0.05) is 64.5 Å². The highest BCUT2D eigenvalue weighted by atomic mass is 79.9. The van der Waals surface area contributed by atoms with Crippen LogP contribution in [0.25, 0.3) is 6.08 Å². The number of Topliss-reactive ketones (excluding diaryl/α,β-unsaturated/α-hetero) is 1. The molecule has 1 nitrogen and oxygen atoms in total. The van der Waals surface area contributed by atoms with E-state index in [1.165, 1.54) is 0 Å². The van der Waals surface area contributed by atoms with Crippen molar-refractivity contribution in [1.29, 1.82) is 0 Å². The van der Waals surface area contributed by atoms with Crippen LogP contribution in [0.1, 0.15) is 22.8 Å². The van der Waals surface area contributed by atoms with Gasteiger partial charge in [0.05, 0.1) is 0 Å². The first-order chi connectivity index (χ1) is 8.68. The lowest BCUT2D eigenvalue weighted by Crippen LogP contribution is -1.99. The Morgan fingerprint density at radius 3 is 2.28 bits per heavy atom. The topological polar surface area (TPSA) is 17.1 Å². The molecule has 0 aromatic heterocycles. The molecule has 2 heteroatoms. The molecule has 0 fully saturated rings. The predicted molar refractivity (Wildman–Crippen MR) is 78.6 cm³/mol. The lowest BCUT2D eigenvalue weighted by atomic mass is 10.0. The molecular weight excluding hydrogens is 288 g/mol. The SMILES string of the molecule is CC(=Cc1ccccc1Br)C(=O)c1ccccc1. The summed E-state index contributed by atoms with van der Waals surface area (Å²) < 4.78 is 0.991. The van der Waals surface area contributed by atoms with Gasteiger partial charge in [0.25, 0.3) is 0 Å². The van der Waals surface area contributed by atoms with E-state index in [1.807, 2.05) is 67.6 Å². The van der Waals surface area contributed by atoms with Gasteiger partial charge in [-0.15, -0.1) is 0 Å². The maximum absolute atomic E-state index is 12.2. The van der Waals surface area contributed by atoms with Gasteiger partial charge in [0.2, 0.25) is 0 Å². The Bertz CT molecular complexity index is 585. The average molecular weight is 301 g/mol. The van der Waals surface area contributed by atoms with Crippen molar-refractivity contribution >= 4 is 27.8 Å². The molecule has 0 aliphatic rings. The molecule has 0 atom stereocenters. The van der Waals surface area contributed by atoms with Crippen LogP contribution in [0.3, 0.4) is 0 Å². The van der Waals surface area contributed by atoms with E-state index in [0.29, 0.717) is 0 Å². The molecule has 0 N–H and O–H groups in total. The summed E-state index contributed by atoms with van der Waals surface area (Å²) in [7, 11) is 0. The van der Waals surface area contributed by atoms with Crippen LogP contribution < -0.4 is 0 Å². The second-order valence-corrected chi connectivity index (χ2v) is 4.90. The number of hydrogen-bond donors (Lipinski definition) is 0. The molecule has 2 aromatic carbocycles. The molecule has 0 aliphatic heterocycles. The van der Waals surface area contributed by atoms with E-state index in [1.54, 1.807) is 0 Å². The number of halogens is 1. The first-order valence-corrected chi connectivity index (χ1v) is 6.50. The summed E-state index contributed by atoms with van der Waals surface area (Å²) >= 11 is 3.47. The molecule has 0 saturated heterocycles. The van der Waals surface area contributed by atoms with E-state index in [-0.39, 0.29) is 5.78 Å². The van der Waals surface area contributed by atoms with Crippen molar-refractivity contribution in [2.75, 3.05) is 0 Å². The molecule has 0 saturated carbocycles. The Labute approximate surface area is 115 Å². The van der Waals surface area contributed by atoms with Gasteiger partial charge in [-0.3, -0.25) is 4.79 Å². The Morgan fingerprint density at radius 1 is 1.00 bits per heavy atom. The van der Waals surface area contributed by atoms with Crippen molar-refractivity contribution in [3.05, 3.63) is 75.8 Å². The highest BCUT2D eigenvalue weighted by molar-refractivity contribution is 9.10. The minimum absolute atomic E-state index is 0.0614. The lowest BCUT2D eigenvalue weighted by Gasteiger charge is -2.03. The van der Waals surface area contributed by atoms with Gasteiger partial charge in [0, 0.05) is 10.0 Å². The molecule has 0 heterocycles. The summed E-state index contributed by atoms with van der Waals surface area (Å²) in [4.78, 5) is 12.2. The summed E-state index contributed by atoms with van der Waals surface area (Å²) in [5.41, 5.74) is 2.46. The van der Waals surface area contributed by atoms with Gasteiger partial charge in [0.15, 0.2) is 5.78 Å². The molecule has 18 heavy (non-hydrogen) atoms. The Balaban J connectivity index is 2.30. The average Bonchev–Trinajstić information content (AvgIpc) is 2.41. The smallest absolute Gasteiger partial charge is 0.188 e. The van der Waals surface area contributed by atoms with E-state index in [0.717, 1.165) is 21.2 Å². The number of carbonyl (C=O) groups is 1. The quantitative estimate of drug-likeness (QED) is 0.591. The highest BCUT2D eigenvalue weighted by Crippen LogP contribution is 2.20. The monoisotopic (exact) mass is 300 g/mol. The lowest BCUT2D eigenvalue weighted by molar-refractivity contribution is 0.103. The van der Waals surface area contributed by atoms with Crippen LogP contribution >= 0.6 is 15.9 Å². The number of rotatable bonds is 3. The minimum Gasteiger partial charge on any atom is -0.289 e. The predicted octanol–water partition coefficient (Wildman–Crippen LogP) is 4.74. The van der Waals surface area contributed by atoms with Crippen LogP contribution in [0.2, 0.25) is 0 Å². The van der Waals surface area contributed by atoms with Gasteiger partial charge in [-0.2, -0.15) is 0 Å². The van der Waals surface area contributed by atoms with Crippen molar-refractivity contribution in [3.8, 4) is 0 Å². The highest BCUT2D eigenvalue weighted by Gasteiger charge is 2.07. The molecule has 0 unspecified atom stereocenters. The second-order valence-electron chi connectivity index (χ2n) is 4.04. The van der Waals surface area contributed by atoms with E-state index >= 15 is 0 Å². The maximum Gasteiger partial charge on any atom is 0.188 e. The Morgan fingerprint density at radius 2 is 1.61 bits per heavy atom. The number of allylic oxidation sites excluding steroid dienone is 1. The fourth-order valence-electron chi connectivity index (χ4n) is 1.71. The second kappa shape index (κ2) is 5.78. The van der Waals surface area contributed by atoms with E-state index in [4.69, 9.17) is 0 Å². The summed E-state index contributed by atoms with van der Waals surface area (Å²) in [6.07, 6.45) is 1.90. The standard InChI is InChI=1S/C16H13BrO/c1-12(11-14-9-5-6-10-15(14)17)16(18)13-7-3-2-4-8-13/h2-11H,1H3. The third kappa shape index (κ3) is 2.96. The Kier molecular flexibility index (Phi) is 4.11. The van der Waals surface area contributed by atoms with Gasteiger partial charge >= 0.3 is 0 Å². The molecule has 90 valence electrons. The van der Waals surface area contributed by atoms with Crippen LogP contribution in [-0.2, 0) is 0 Å².